The van der Waals surface area contributed by atoms with Crippen LogP contribution in [0.5, 0.6) is 11.5 Å². The summed E-state index contributed by atoms with van der Waals surface area (Å²) >= 11 is 0. The van der Waals surface area contributed by atoms with Crippen molar-refractivity contribution in [3.63, 3.8) is 0 Å². The van der Waals surface area contributed by atoms with Gasteiger partial charge in [-0.25, -0.2) is 0 Å². The summed E-state index contributed by atoms with van der Waals surface area (Å²) < 4.78 is 5.67. The van der Waals surface area contributed by atoms with Gasteiger partial charge in [-0.15, -0.1) is 0 Å². The van der Waals surface area contributed by atoms with Gasteiger partial charge in [0.05, 0.1) is 6.61 Å². The van der Waals surface area contributed by atoms with E-state index in [1.54, 1.807) is 24.3 Å². The third-order valence-corrected chi connectivity index (χ3v) is 2.92. The summed E-state index contributed by atoms with van der Waals surface area (Å²) in [5, 5.41) is 9.15. The molecule has 0 aliphatic heterocycles. The van der Waals surface area contributed by atoms with Crippen molar-refractivity contribution in [3.05, 3.63) is 24.3 Å². The zero-order chi connectivity index (χ0) is 12.5. The zero-order valence-electron chi connectivity index (χ0n) is 11.0. The largest absolute Gasteiger partial charge is 0.508 e. The third-order valence-electron chi connectivity index (χ3n) is 2.92. The van der Waals surface area contributed by atoms with E-state index in [0.717, 1.165) is 12.4 Å². The minimum atomic E-state index is 0.282. The molecule has 1 aromatic rings. The van der Waals surface area contributed by atoms with Gasteiger partial charge in [0.2, 0.25) is 0 Å². The maximum Gasteiger partial charge on any atom is 0.119 e. The molecule has 1 atom stereocenters. The first-order valence-electron chi connectivity index (χ1n) is 6.64. The minimum Gasteiger partial charge on any atom is -0.508 e. The molecule has 0 radical (unpaired) electrons. The highest BCUT2D eigenvalue weighted by Crippen LogP contribution is 2.18. The molecule has 0 fully saturated rings. The number of unbranched alkanes of at least 4 members (excludes halogenated alkanes) is 3. The fourth-order valence-corrected chi connectivity index (χ4v) is 1.78. The topological polar surface area (TPSA) is 29.5 Å². The van der Waals surface area contributed by atoms with Crippen LogP contribution in [0.25, 0.3) is 0 Å². The second-order valence-corrected chi connectivity index (χ2v) is 4.76. The monoisotopic (exact) mass is 236 g/mol. The van der Waals surface area contributed by atoms with Gasteiger partial charge in [-0.05, 0) is 36.6 Å². The number of ether oxygens (including phenoxy) is 1. The summed E-state index contributed by atoms with van der Waals surface area (Å²) in [6, 6.07) is 6.92. The molecule has 0 spiro atoms. The Morgan fingerprint density at radius 3 is 2.47 bits per heavy atom. The predicted octanol–water partition coefficient (Wildman–Crippen LogP) is 4.38. The van der Waals surface area contributed by atoms with Crippen LogP contribution in [-0.4, -0.2) is 11.7 Å². The van der Waals surface area contributed by atoms with Crippen molar-refractivity contribution in [2.45, 2.75) is 46.0 Å². The molecule has 1 rings (SSSR count). The van der Waals surface area contributed by atoms with Crippen LogP contribution in [0.3, 0.4) is 0 Å². The Morgan fingerprint density at radius 1 is 1.12 bits per heavy atom. The molecule has 0 saturated heterocycles. The number of phenols is 1. The molecular weight excluding hydrogens is 212 g/mol. The van der Waals surface area contributed by atoms with E-state index < -0.39 is 0 Å². The smallest absolute Gasteiger partial charge is 0.119 e. The highest BCUT2D eigenvalue weighted by Gasteiger charge is 2.03. The first-order valence-corrected chi connectivity index (χ1v) is 6.64. The van der Waals surface area contributed by atoms with Crippen LogP contribution < -0.4 is 4.74 Å². The molecule has 0 aliphatic rings. The Bertz CT molecular complexity index is 292. The van der Waals surface area contributed by atoms with E-state index >= 15 is 0 Å². The van der Waals surface area contributed by atoms with Crippen molar-refractivity contribution in [1.29, 1.82) is 0 Å². The van der Waals surface area contributed by atoms with E-state index in [4.69, 9.17) is 9.84 Å². The van der Waals surface area contributed by atoms with Crippen LogP contribution in [0, 0.1) is 5.92 Å². The van der Waals surface area contributed by atoms with Crippen LogP contribution in [0.4, 0.5) is 0 Å². The maximum atomic E-state index is 9.15. The Morgan fingerprint density at radius 2 is 1.82 bits per heavy atom. The number of benzene rings is 1. The second kappa shape index (κ2) is 7.99. The van der Waals surface area contributed by atoms with E-state index in [1.165, 1.54) is 32.1 Å². The average molecular weight is 236 g/mol. The Hall–Kier alpha value is -1.18. The minimum absolute atomic E-state index is 0.282. The average Bonchev–Trinajstić information content (AvgIpc) is 2.34. The lowest BCUT2D eigenvalue weighted by atomic mass is 10.0. The SMILES string of the molecule is CCCCCC[C@H](C)COc1ccc(O)cc1. The van der Waals surface area contributed by atoms with Crippen molar-refractivity contribution in [1.82, 2.24) is 0 Å². The van der Waals surface area contributed by atoms with Gasteiger partial charge in [0, 0.05) is 0 Å². The third kappa shape index (κ3) is 6.20. The predicted molar refractivity (Wildman–Crippen MR) is 71.5 cm³/mol. The second-order valence-electron chi connectivity index (χ2n) is 4.76. The van der Waals surface area contributed by atoms with Gasteiger partial charge in [0.15, 0.2) is 0 Å². The molecule has 0 amide bonds. The van der Waals surface area contributed by atoms with Crippen LogP contribution >= 0.6 is 0 Å². The van der Waals surface area contributed by atoms with Gasteiger partial charge >= 0.3 is 0 Å². The first-order chi connectivity index (χ1) is 8.22. The normalized spacial score (nSPS) is 12.4. The highest BCUT2D eigenvalue weighted by molar-refractivity contribution is 5.29. The van der Waals surface area contributed by atoms with Crippen molar-refractivity contribution < 1.29 is 9.84 Å². The fraction of sp³-hybridized carbons (Fsp3) is 0.600. The van der Waals surface area contributed by atoms with Crippen LogP contribution in [0.2, 0.25) is 0 Å². The molecule has 1 aromatic carbocycles. The number of hydrogen-bond donors (Lipinski definition) is 1. The summed E-state index contributed by atoms with van der Waals surface area (Å²) in [5.74, 6) is 1.72. The van der Waals surface area contributed by atoms with Gasteiger partial charge < -0.3 is 9.84 Å². The van der Waals surface area contributed by atoms with Gasteiger partial charge in [-0.1, -0.05) is 39.5 Å². The Balaban J connectivity index is 2.14. The number of hydrogen-bond acceptors (Lipinski definition) is 2. The molecule has 17 heavy (non-hydrogen) atoms. The van der Waals surface area contributed by atoms with Crippen molar-refractivity contribution in [2.75, 3.05) is 6.61 Å². The van der Waals surface area contributed by atoms with E-state index in [-0.39, 0.29) is 5.75 Å². The van der Waals surface area contributed by atoms with Gasteiger partial charge in [-0.2, -0.15) is 0 Å². The van der Waals surface area contributed by atoms with Crippen LogP contribution in [-0.2, 0) is 0 Å². The number of rotatable bonds is 8. The lowest BCUT2D eigenvalue weighted by molar-refractivity contribution is 0.248. The lowest BCUT2D eigenvalue weighted by Crippen LogP contribution is -2.08. The van der Waals surface area contributed by atoms with Gasteiger partial charge in [-0.3, -0.25) is 0 Å². The maximum absolute atomic E-state index is 9.15. The molecule has 0 aliphatic carbocycles. The Labute approximate surface area is 105 Å². The van der Waals surface area contributed by atoms with Crippen LogP contribution in [0.1, 0.15) is 46.0 Å². The number of aromatic hydroxyl groups is 1. The molecule has 2 nitrogen and oxygen atoms in total. The van der Waals surface area contributed by atoms with E-state index in [1.807, 2.05) is 0 Å². The standard InChI is InChI=1S/C15H24O2/c1-3-4-5-6-7-13(2)12-17-15-10-8-14(16)9-11-15/h8-11,13,16H,3-7,12H2,1-2H3/t13-/m0/s1. The number of phenolic OH excluding ortho intramolecular Hbond substituents is 1. The molecule has 0 bridgehead atoms. The Kier molecular flexibility index (Phi) is 6.53. The van der Waals surface area contributed by atoms with E-state index in [2.05, 4.69) is 13.8 Å². The molecule has 1 N–H and O–H groups in total. The summed E-state index contributed by atoms with van der Waals surface area (Å²) in [6.07, 6.45) is 6.50. The molecule has 0 saturated carbocycles. The fourth-order valence-electron chi connectivity index (χ4n) is 1.78. The van der Waals surface area contributed by atoms with Crippen molar-refractivity contribution in [3.8, 4) is 11.5 Å². The van der Waals surface area contributed by atoms with Crippen LogP contribution in [0.15, 0.2) is 24.3 Å². The molecule has 2 heteroatoms. The lowest BCUT2D eigenvalue weighted by Gasteiger charge is -2.12. The molecular formula is C15H24O2. The summed E-state index contributed by atoms with van der Waals surface area (Å²) in [5.41, 5.74) is 0. The van der Waals surface area contributed by atoms with Crippen molar-refractivity contribution >= 4 is 0 Å². The first kappa shape index (κ1) is 13.9. The van der Waals surface area contributed by atoms with Gasteiger partial charge in [0.1, 0.15) is 11.5 Å². The van der Waals surface area contributed by atoms with Gasteiger partial charge in [0.25, 0.3) is 0 Å². The van der Waals surface area contributed by atoms with E-state index in [9.17, 15) is 0 Å². The molecule has 96 valence electrons. The molecule has 0 aromatic heterocycles. The summed E-state index contributed by atoms with van der Waals surface area (Å²) in [4.78, 5) is 0. The quantitative estimate of drug-likeness (QED) is 0.679. The molecule has 0 heterocycles. The highest BCUT2D eigenvalue weighted by atomic mass is 16.5. The summed E-state index contributed by atoms with van der Waals surface area (Å²) in [6.45, 7) is 5.22. The summed E-state index contributed by atoms with van der Waals surface area (Å²) in [7, 11) is 0. The zero-order valence-corrected chi connectivity index (χ0v) is 11.0. The van der Waals surface area contributed by atoms with Crippen molar-refractivity contribution in [2.24, 2.45) is 5.92 Å². The van der Waals surface area contributed by atoms with E-state index in [0.29, 0.717) is 5.92 Å². The molecule has 0 unspecified atom stereocenters.